The van der Waals surface area contributed by atoms with Crippen molar-refractivity contribution in [2.24, 2.45) is 11.7 Å². The summed E-state index contributed by atoms with van der Waals surface area (Å²) in [5, 5.41) is 0. The molecule has 3 atom stereocenters. The molecule has 1 saturated carbocycles. The van der Waals surface area contributed by atoms with Crippen LogP contribution in [0.1, 0.15) is 55.7 Å². The van der Waals surface area contributed by atoms with E-state index >= 15 is 0 Å². The molecule has 1 saturated heterocycles. The largest absolute Gasteiger partial charge is 0.324 e. The van der Waals surface area contributed by atoms with Gasteiger partial charge in [-0.25, -0.2) is 4.39 Å². The van der Waals surface area contributed by atoms with Crippen LogP contribution in [0.2, 0.25) is 0 Å². The highest BCUT2D eigenvalue weighted by Crippen LogP contribution is 2.36. The van der Waals surface area contributed by atoms with E-state index in [0.29, 0.717) is 5.56 Å². The summed E-state index contributed by atoms with van der Waals surface area (Å²) in [6, 6.07) is 6.14. The van der Waals surface area contributed by atoms with E-state index in [0.717, 1.165) is 30.5 Å². The third-order valence-corrected chi connectivity index (χ3v) is 5.48. The van der Waals surface area contributed by atoms with Crippen LogP contribution in [-0.4, -0.2) is 24.0 Å². The van der Waals surface area contributed by atoms with E-state index in [2.05, 4.69) is 4.90 Å². The van der Waals surface area contributed by atoms with Crippen molar-refractivity contribution in [1.29, 1.82) is 0 Å². The zero-order valence-electron chi connectivity index (χ0n) is 13.0. The van der Waals surface area contributed by atoms with Crippen molar-refractivity contribution in [2.75, 3.05) is 13.1 Å². The highest BCUT2D eigenvalue weighted by atomic mass is 19.1. The first kappa shape index (κ1) is 15.0. The van der Waals surface area contributed by atoms with Crippen LogP contribution in [0, 0.1) is 18.7 Å². The predicted molar refractivity (Wildman–Crippen MR) is 84.6 cm³/mol. The van der Waals surface area contributed by atoms with Crippen LogP contribution < -0.4 is 5.73 Å². The summed E-state index contributed by atoms with van der Waals surface area (Å²) in [6.07, 6.45) is 7.85. The third-order valence-electron chi connectivity index (χ3n) is 5.48. The quantitative estimate of drug-likeness (QED) is 0.914. The normalized spacial score (nSPS) is 27.6. The molecule has 1 aliphatic carbocycles. The number of nitrogens with zero attached hydrogens (tertiary/aromatic N) is 1. The van der Waals surface area contributed by atoms with Crippen molar-refractivity contribution >= 4 is 0 Å². The van der Waals surface area contributed by atoms with E-state index in [1.54, 1.807) is 13.0 Å². The van der Waals surface area contributed by atoms with Crippen LogP contribution >= 0.6 is 0 Å². The van der Waals surface area contributed by atoms with Crippen LogP contribution in [0.25, 0.3) is 0 Å². The fourth-order valence-electron chi connectivity index (χ4n) is 4.09. The molecule has 3 rings (SSSR count). The van der Waals surface area contributed by atoms with Gasteiger partial charge in [-0.2, -0.15) is 0 Å². The molecule has 116 valence electrons. The van der Waals surface area contributed by atoms with E-state index in [1.807, 2.05) is 12.1 Å². The minimum Gasteiger partial charge on any atom is -0.324 e. The Labute approximate surface area is 127 Å². The Kier molecular flexibility index (Phi) is 4.60. The summed E-state index contributed by atoms with van der Waals surface area (Å²) < 4.78 is 13.6. The lowest BCUT2D eigenvalue weighted by Crippen LogP contribution is -2.36. The summed E-state index contributed by atoms with van der Waals surface area (Å²) in [4.78, 5) is 2.63. The predicted octanol–water partition coefficient (Wildman–Crippen LogP) is 3.79. The van der Waals surface area contributed by atoms with E-state index in [9.17, 15) is 4.39 Å². The zero-order chi connectivity index (χ0) is 14.8. The Balaban J connectivity index is 1.55. The average molecular weight is 290 g/mol. The number of aryl methyl sites for hydroxylation is 1. The molecule has 1 heterocycles. The first-order valence-corrected chi connectivity index (χ1v) is 8.41. The van der Waals surface area contributed by atoms with E-state index in [1.165, 1.54) is 38.6 Å². The van der Waals surface area contributed by atoms with Gasteiger partial charge in [-0.05, 0) is 62.3 Å². The molecule has 21 heavy (non-hydrogen) atoms. The van der Waals surface area contributed by atoms with Gasteiger partial charge in [0.25, 0.3) is 0 Å². The molecule has 0 spiro atoms. The van der Waals surface area contributed by atoms with Gasteiger partial charge in [-0.15, -0.1) is 0 Å². The topological polar surface area (TPSA) is 29.3 Å². The fourth-order valence-corrected chi connectivity index (χ4v) is 4.09. The van der Waals surface area contributed by atoms with E-state index < -0.39 is 0 Å². The Morgan fingerprint density at radius 3 is 2.90 bits per heavy atom. The molecular weight excluding hydrogens is 263 g/mol. The molecule has 1 aliphatic heterocycles. The van der Waals surface area contributed by atoms with Crippen molar-refractivity contribution in [3.8, 4) is 0 Å². The highest BCUT2D eigenvalue weighted by molar-refractivity contribution is 5.25. The molecule has 0 radical (unpaired) electrons. The minimum absolute atomic E-state index is 0.0530. The molecule has 3 heteroatoms. The first-order valence-electron chi connectivity index (χ1n) is 8.41. The SMILES string of the molecule is Cc1ccc(C(N)CCN2CCC3CCCCC32)cc1F. The maximum absolute atomic E-state index is 13.6. The summed E-state index contributed by atoms with van der Waals surface area (Å²) >= 11 is 0. The average Bonchev–Trinajstić information content (AvgIpc) is 2.91. The molecule has 2 aliphatic rings. The number of likely N-dealkylation sites (tertiary alicyclic amines) is 1. The Hall–Kier alpha value is -0.930. The van der Waals surface area contributed by atoms with Crippen LogP contribution in [0.3, 0.4) is 0 Å². The molecule has 1 aromatic carbocycles. The van der Waals surface area contributed by atoms with Crippen molar-refractivity contribution in [3.05, 3.63) is 35.1 Å². The molecule has 0 amide bonds. The third kappa shape index (κ3) is 3.29. The van der Waals surface area contributed by atoms with Gasteiger partial charge >= 0.3 is 0 Å². The van der Waals surface area contributed by atoms with Crippen molar-refractivity contribution < 1.29 is 4.39 Å². The monoisotopic (exact) mass is 290 g/mol. The van der Waals surface area contributed by atoms with Crippen molar-refractivity contribution in [3.63, 3.8) is 0 Å². The standard InChI is InChI=1S/C18H27FN2/c1-13-6-7-15(12-16(13)19)17(20)9-11-21-10-8-14-4-2-3-5-18(14)21/h6-7,12,14,17-18H,2-5,8-11,20H2,1H3. The Morgan fingerprint density at radius 2 is 2.10 bits per heavy atom. The number of hydrogen-bond donors (Lipinski definition) is 1. The number of rotatable bonds is 4. The van der Waals surface area contributed by atoms with Gasteiger partial charge in [-0.3, -0.25) is 0 Å². The lowest BCUT2D eigenvalue weighted by molar-refractivity contribution is 0.178. The molecule has 0 bridgehead atoms. The van der Waals surface area contributed by atoms with Crippen LogP contribution in [0.4, 0.5) is 4.39 Å². The Morgan fingerprint density at radius 1 is 1.29 bits per heavy atom. The smallest absolute Gasteiger partial charge is 0.126 e. The van der Waals surface area contributed by atoms with Gasteiger partial charge in [0.2, 0.25) is 0 Å². The second-order valence-corrected chi connectivity index (χ2v) is 6.84. The maximum Gasteiger partial charge on any atom is 0.126 e. The van der Waals surface area contributed by atoms with Crippen LogP contribution in [0.15, 0.2) is 18.2 Å². The van der Waals surface area contributed by atoms with E-state index in [4.69, 9.17) is 5.73 Å². The Bertz CT molecular complexity index is 488. The van der Waals surface area contributed by atoms with Gasteiger partial charge < -0.3 is 10.6 Å². The van der Waals surface area contributed by atoms with Gasteiger partial charge in [0, 0.05) is 18.6 Å². The minimum atomic E-state index is -0.142. The number of halogens is 1. The molecular formula is C18H27FN2. The van der Waals surface area contributed by atoms with Gasteiger partial charge in [0.05, 0.1) is 0 Å². The highest BCUT2D eigenvalue weighted by Gasteiger charge is 2.35. The summed E-state index contributed by atoms with van der Waals surface area (Å²) in [5.41, 5.74) is 7.89. The molecule has 0 aromatic heterocycles. The van der Waals surface area contributed by atoms with Crippen molar-refractivity contribution in [1.82, 2.24) is 4.90 Å². The second kappa shape index (κ2) is 6.45. The lowest BCUT2D eigenvalue weighted by atomic mass is 9.85. The molecule has 2 fully saturated rings. The fraction of sp³-hybridized carbons (Fsp3) is 0.667. The van der Waals surface area contributed by atoms with Crippen molar-refractivity contribution in [2.45, 2.75) is 57.5 Å². The van der Waals surface area contributed by atoms with Gasteiger partial charge in [-0.1, -0.05) is 25.0 Å². The maximum atomic E-state index is 13.6. The van der Waals surface area contributed by atoms with E-state index in [-0.39, 0.29) is 11.9 Å². The summed E-state index contributed by atoms with van der Waals surface area (Å²) in [5.74, 6) is 0.781. The summed E-state index contributed by atoms with van der Waals surface area (Å²) in [7, 11) is 0. The molecule has 3 unspecified atom stereocenters. The number of nitrogens with two attached hydrogens (primary N) is 1. The second-order valence-electron chi connectivity index (χ2n) is 6.84. The van der Waals surface area contributed by atoms with Gasteiger partial charge in [0.15, 0.2) is 0 Å². The molecule has 1 aromatic rings. The first-order chi connectivity index (χ1) is 10.1. The van der Waals surface area contributed by atoms with Gasteiger partial charge in [0.1, 0.15) is 5.82 Å². The number of hydrogen-bond acceptors (Lipinski definition) is 2. The zero-order valence-corrected chi connectivity index (χ0v) is 13.0. The molecule has 2 nitrogen and oxygen atoms in total. The molecule has 2 N–H and O–H groups in total. The summed E-state index contributed by atoms with van der Waals surface area (Å²) in [6.45, 7) is 4.07. The van der Waals surface area contributed by atoms with Crippen LogP contribution in [0.5, 0.6) is 0 Å². The lowest BCUT2D eigenvalue weighted by Gasteiger charge is -2.32. The number of fused-ring (bicyclic) bond motifs is 1. The van der Waals surface area contributed by atoms with Crippen LogP contribution in [-0.2, 0) is 0 Å². The number of benzene rings is 1.